The molecule has 0 aromatic rings. The van der Waals surface area contributed by atoms with E-state index in [-0.39, 0.29) is 5.41 Å². The van der Waals surface area contributed by atoms with Crippen molar-refractivity contribution in [2.45, 2.75) is 32.7 Å². The maximum absolute atomic E-state index is 8.63. The summed E-state index contributed by atoms with van der Waals surface area (Å²) in [5.41, 5.74) is 5.45. The molecule has 0 aliphatic carbocycles. The van der Waals surface area contributed by atoms with Crippen molar-refractivity contribution in [2.24, 2.45) is 11.1 Å². The number of halogens is 1. The van der Waals surface area contributed by atoms with Crippen LogP contribution in [0.5, 0.6) is 0 Å². The summed E-state index contributed by atoms with van der Waals surface area (Å²) in [7, 11) is 0. The van der Waals surface area contributed by atoms with E-state index < -0.39 is 6.04 Å². The lowest BCUT2D eigenvalue weighted by atomic mass is 9.78. The Morgan fingerprint density at radius 1 is 1.55 bits per heavy atom. The highest BCUT2D eigenvalue weighted by Gasteiger charge is 2.32. The minimum atomic E-state index is -0.435. The van der Waals surface area contributed by atoms with Gasteiger partial charge in [-0.3, -0.25) is 0 Å². The molecule has 0 amide bonds. The summed E-state index contributed by atoms with van der Waals surface area (Å²) in [6.07, 6.45) is 1.73. The molecule has 0 rings (SSSR count). The molecule has 0 radical (unpaired) electrons. The zero-order valence-electron chi connectivity index (χ0n) is 7.10. The van der Waals surface area contributed by atoms with Crippen molar-refractivity contribution < 1.29 is 0 Å². The summed E-state index contributed by atoms with van der Waals surface area (Å²) in [5.74, 6) is 0.467. The molecule has 0 bridgehead atoms. The van der Waals surface area contributed by atoms with E-state index in [1.165, 1.54) is 0 Å². The molecule has 0 spiro atoms. The Kier molecular flexibility index (Phi) is 4.48. The number of hydrogen-bond acceptors (Lipinski definition) is 2. The van der Waals surface area contributed by atoms with Gasteiger partial charge in [-0.25, -0.2) is 0 Å². The molecule has 0 aromatic heterocycles. The summed E-state index contributed by atoms with van der Waals surface area (Å²) in [4.78, 5) is 0. The first-order valence-electron chi connectivity index (χ1n) is 3.88. The van der Waals surface area contributed by atoms with Gasteiger partial charge in [-0.05, 0) is 12.8 Å². The van der Waals surface area contributed by atoms with Crippen LogP contribution in [0.15, 0.2) is 0 Å². The fraction of sp³-hybridized carbons (Fsp3) is 0.875. The fourth-order valence-electron chi connectivity index (χ4n) is 1.10. The van der Waals surface area contributed by atoms with Gasteiger partial charge in [0.15, 0.2) is 0 Å². The lowest BCUT2D eigenvalue weighted by molar-refractivity contribution is 0.274. The molecule has 1 atom stereocenters. The minimum Gasteiger partial charge on any atom is -0.315 e. The van der Waals surface area contributed by atoms with Gasteiger partial charge in [0.1, 0.15) is 0 Å². The Morgan fingerprint density at radius 3 is 2.09 bits per heavy atom. The van der Waals surface area contributed by atoms with Gasteiger partial charge in [0.2, 0.25) is 0 Å². The number of rotatable bonds is 4. The average molecular weight is 175 g/mol. The molecule has 3 heteroatoms. The fourth-order valence-corrected chi connectivity index (χ4v) is 1.64. The minimum absolute atomic E-state index is 0.184. The Hall–Kier alpha value is -0.260. The van der Waals surface area contributed by atoms with Crippen LogP contribution in [0.25, 0.3) is 0 Å². The summed E-state index contributed by atoms with van der Waals surface area (Å²) < 4.78 is 0. The van der Waals surface area contributed by atoms with E-state index in [1.807, 2.05) is 13.8 Å². The van der Waals surface area contributed by atoms with Crippen LogP contribution in [0.2, 0.25) is 0 Å². The molecule has 0 saturated heterocycles. The molecular weight excluding hydrogens is 160 g/mol. The Morgan fingerprint density at radius 2 is 2.00 bits per heavy atom. The van der Waals surface area contributed by atoms with E-state index in [1.54, 1.807) is 0 Å². The first-order chi connectivity index (χ1) is 5.16. The second-order valence-corrected chi connectivity index (χ2v) is 3.08. The van der Waals surface area contributed by atoms with Crippen LogP contribution < -0.4 is 5.73 Å². The van der Waals surface area contributed by atoms with Gasteiger partial charge in [-0.1, -0.05) is 13.8 Å². The number of alkyl halides is 1. The molecule has 64 valence electrons. The van der Waals surface area contributed by atoms with Crippen LogP contribution in [0.3, 0.4) is 0 Å². The van der Waals surface area contributed by atoms with Crippen molar-refractivity contribution in [1.82, 2.24) is 0 Å². The van der Waals surface area contributed by atoms with Crippen LogP contribution in [0.4, 0.5) is 0 Å². The highest BCUT2D eigenvalue weighted by molar-refractivity contribution is 6.18. The summed E-state index contributed by atoms with van der Waals surface area (Å²) in [6, 6.07) is 1.62. The smallest absolute Gasteiger partial charge is 0.0996 e. The molecule has 11 heavy (non-hydrogen) atoms. The maximum Gasteiger partial charge on any atom is 0.0996 e. The predicted molar refractivity (Wildman–Crippen MR) is 47.3 cm³/mol. The van der Waals surface area contributed by atoms with Gasteiger partial charge in [-0.15, -0.1) is 11.6 Å². The predicted octanol–water partition coefficient (Wildman–Crippen LogP) is 1.88. The largest absolute Gasteiger partial charge is 0.315 e. The van der Waals surface area contributed by atoms with Crippen molar-refractivity contribution in [3.05, 3.63) is 0 Å². The zero-order chi connectivity index (χ0) is 8.91. The summed E-state index contributed by atoms with van der Waals surface area (Å²) in [6.45, 7) is 4.03. The summed E-state index contributed by atoms with van der Waals surface area (Å²) >= 11 is 5.77. The van der Waals surface area contributed by atoms with Crippen LogP contribution in [0.1, 0.15) is 26.7 Å². The quantitative estimate of drug-likeness (QED) is 0.662. The van der Waals surface area contributed by atoms with E-state index in [0.29, 0.717) is 5.88 Å². The third kappa shape index (κ3) is 2.08. The van der Waals surface area contributed by atoms with Crippen LogP contribution in [-0.2, 0) is 0 Å². The van der Waals surface area contributed by atoms with Gasteiger partial charge in [0.05, 0.1) is 12.1 Å². The molecule has 0 saturated carbocycles. The van der Waals surface area contributed by atoms with Gasteiger partial charge >= 0.3 is 0 Å². The number of nitrogens with zero attached hydrogens (tertiary/aromatic N) is 1. The molecule has 0 unspecified atom stereocenters. The SMILES string of the molecule is CCC(CC)(CCl)[C@@H](N)C#N. The third-order valence-electron chi connectivity index (χ3n) is 2.47. The molecule has 0 aliphatic rings. The summed E-state index contributed by atoms with van der Waals surface area (Å²) in [5, 5.41) is 8.63. The van der Waals surface area contributed by atoms with E-state index in [2.05, 4.69) is 6.07 Å². The average Bonchev–Trinajstić information content (AvgIpc) is 2.08. The molecule has 2 N–H and O–H groups in total. The Balaban J connectivity index is 4.42. The van der Waals surface area contributed by atoms with Crippen molar-refractivity contribution in [3.8, 4) is 6.07 Å². The molecule has 0 fully saturated rings. The van der Waals surface area contributed by atoms with Gasteiger partial charge < -0.3 is 5.73 Å². The van der Waals surface area contributed by atoms with Crippen molar-refractivity contribution in [3.63, 3.8) is 0 Å². The molecule has 0 aliphatic heterocycles. The topological polar surface area (TPSA) is 49.8 Å². The van der Waals surface area contributed by atoms with E-state index in [9.17, 15) is 0 Å². The van der Waals surface area contributed by atoms with E-state index in [0.717, 1.165) is 12.8 Å². The van der Waals surface area contributed by atoms with Crippen molar-refractivity contribution >= 4 is 11.6 Å². The monoisotopic (exact) mass is 174 g/mol. The van der Waals surface area contributed by atoms with E-state index >= 15 is 0 Å². The maximum atomic E-state index is 8.63. The third-order valence-corrected chi connectivity index (χ3v) is 3.01. The highest BCUT2D eigenvalue weighted by atomic mass is 35.5. The van der Waals surface area contributed by atoms with Crippen molar-refractivity contribution in [1.29, 1.82) is 5.26 Å². The normalized spacial score (nSPS) is 14.1. The lowest BCUT2D eigenvalue weighted by Crippen LogP contribution is -2.41. The first-order valence-corrected chi connectivity index (χ1v) is 4.41. The lowest BCUT2D eigenvalue weighted by Gasteiger charge is -2.31. The van der Waals surface area contributed by atoms with Gasteiger partial charge in [0.25, 0.3) is 0 Å². The zero-order valence-corrected chi connectivity index (χ0v) is 7.86. The standard InChI is InChI=1S/C8H15ClN2/c1-3-8(4-2,6-9)7(11)5-10/h7H,3-4,6,11H2,1-2H3/t7-/m0/s1. The molecule has 0 aromatic carbocycles. The molecular formula is C8H15ClN2. The van der Waals surface area contributed by atoms with Crippen LogP contribution in [-0.4, -0.2) is 11.9 Å². The number of hydrogen-bond donors (Lipinski definition) is 1. The van der Waals surface area contributed by atoms with Crippen molar-refractivity contribution in [2.75, 3.05) is 5.88 Å². The highest BCUT2D eigenvalue weighted by Crippen LogP contribution is 2.30. The second kappa shape index (κ2) is 4.58. The second-order valence-electron chi connectivity index (χ2n) is 2.81. The molecule has 0 heterocycles. The Labute approximate surface area is 73.3 Å². The number of nitrogens with two attached hydrogens (primary N) is 1. The van der Waals surface area contributed by atoms with Crippen LogP contribution >= 0.6 is 11.6 Å². The Bertz CT molecular complexity index is 138. The molecule has 2 nitrogen and oxygen atoms in total. The first kappa shape index (κ1) is 10.7. The number of nitriles is 1. The van der Waals surface area contributed by atoms with E-state index in [4.69, 9.17) is 22.6 Å². The van der Waals surface area contributed by atoms with Gasteiger partial charge in [-0.2, -0.15) is 5.26 Å². The van der Waals surface area contributed by atoms with Gasteiger partial charge in [0, 0.05) is 11.3 Å². The van der Waals surface area contributed by atoms with Crippen LogP contribution in [0, 0.1) is 16.7 Å².